The molecule has 0 aliphatic carbocycles. The monoisotopic (exact) mass is 131 g/mol. The molecule has 0 heterocycles. The Labute approximate surface area is 68.5 Å². The number of rotatable bonds is 1. The minimum absolute atomic E-state index is 0. The highest BCUT2D eigenvalue weighted by Crippen LogP contribution is 1.43. The van der Waals surface area contributed by atoms with Crippen molar-refractivity contribution in [2.75, 3.05) is 6.54 Å². The second-order valence-corrected chi connectivity index (χ2v) is 0.598. The van der Waals surface area contributed by atoms with E-state index < -0.39 is 5.97 Å². The lowest BCUT2D eigenvalue weighted by atomic mass is 10.7. The molecular weight excluding hydrogens is 121 g/mol. The van der Waals surface area contributed by atoms with Crippen molar-refractivity contribution < 1.29 is 9.90 Å². The summed E-state index contributed by atoms with van der Waals surface area (Å²) < 4.78 is 0. The first kappa shape index (κ1) is 15.6. The van der Waals surface area contributed by atoms with Crippen LogP contribution in [-0.2, 0) is 4.79 Å². The lowest BCUT2D eigenvalue weighted by Gasteiger charge is -1.73. The molecule has 0 saturated carbocycles. The Hall–Kier alpha value is 0.729. The summed E-state index contributed by atoms with van der Waals surface area (Å²) in [7, 11) is 0. The summed E-state index contributed by atoms with van der Waals surface area (Å²) in [4.78, 5) is 9.24. The van der Waals surface area contributed by atoms with E-state index in [1.165, 1.54) is 0 Å². The Bertz CT molecular complexity index is 51.0. The first-order chi connectivity index (χ1) is 2.27. The molecule has 0 aromatic heterocycles. The molecule has 40 valence electrons. The van der Waals surface area contributed by atoms with Gasteiger partial charge in [-0.05, 0) is 0 Å². The summed E-state index contributed by atoms with van der Waals surface area (Å²) >= 11 is 0. The fourth-order valence-corrected chi connectivity index (χ4v) is 0. The van der Waals surface area contributed by atoms with Crippen LogP contribution in [0.1, 0.15) is 0 Å². The van der Waals surface area contributed by atoms with Gasteiger partial charge in [0.25, 0.3) is 0 Å². The molecule has 0 aromatic rings. The van der Waals surface area contributed by atoms with Gasteiger partial charge in [0.1, 0.15) is 0 Å². The molecular formula is C2H10AlMgNO2. The normalized spacial score (nSPS) is 5.29. The van der Waals surface area contributed by atoms with E-state index in [1.54, 1.807) is 0 Å². The molecule has 0 saturated heterocycles. The van der Waals surface area contributed by atoms with Gasteiger partial charge >= 0.3 is 29.0 Å². The molecule has 0 bridgehead atoms. The molecule has 3 N–H and O–H groups in total. The van der Waals surface area contributed by atoms with Crippen molar-refractivity contribution in [1.29, 1.82) is 0 Å². The molecule has 0 aliphatic heterocycles. The van der Waals surface area contributed by atoms with E-state index in [4.69, 9.17) is 5.11 Å². The fraction of sp³-hybridized carbons (Fsp3) is 0.500. The number of carbonyl (C=O) groups is 1. The fourth-order valence-electron chi connectivity index (χ4n) is 0. The Morgan fingerprint density at radius 2 is 1.86 bits per heavy atom. The van der Waals surface area contributed by atoms with Gasteiger partial charge in [-0.3, -0.25) is 4.79 Å². The molecule has 0 aromatic carbocycles. The third-order valence-corrected chi connectivity index (χ3v) is 0.175. The lowest BCUT2D eigenvalue weighted by molar-refractivity contribution is -0.135. The maximum absolute atomic E-state index is 9.24. The second-order valence-electron chi connectivity index (χ2n) is 0.598. The van der Waals surface area contributed by atoms with Crippen LogP contribution < -0.4 is 5.73 Å². The zero-order valence-corrected chi connectivity index (χ0v) is 2.64. The first-order valence-corrected chi connectivity index (χ1v) is 1.19. The molecule has 3 nitrogen and oxygen atoms in total. The SMILES string of the molecule is NCC(=O)O.[AlH3].[MgH2]. The third-order valence-electron chi connectivity index (χ3n) is 0.175. The van der Waals surface area contributed by atoms with Gasteiger partial charge in [0, 0.05) is 0 Å². The highest BCUT2D eigenvalue weighted by Gasteiger charge is 1.81. The standard InChI is InChI=1S/C2H5NO2.Al.Mg.5H/c3-1-2(4)5;;;;;;;/h1,3H2,(H,4,5);;;;;;;. The first-order valence-electron chi connectivity index (χ1n) is 1.19. The Morgan fingerprint density at radius 1 is 1.71 bits per heavy atom. The molecule has 0 spiro atoms. The quantitative estimate of drug-likeness (QED) is 0.371. The number of carboxylic acids is 1. The molecule has 0 unspecified atom stereocenters. The van der Waals surface area contributed by atoms with Crippen LogP contribution in [0, 0.1) is 0 Å². The number of hydrogen-bond donors (Lipinski definition) is 2. The Kier molecular flexibility index (Phi) is 22.1. The molecule has 0 amide bonds. The molecule has 7 heavy (non-hydrogen) atoms. The summed E-state index contributed by atoms with van der Waals surface area (Å²) in [5, 5.41) is 7.60. The predicted octanol–water partition coefficient (Wildman–Crippen LogP) is -3.07. The summed E-state index contributed by atoms with van der Waals surface area (Å²) in [6.07, 6.45) is 0. The highest BCUT2D eigenvalue weighted by atomic mass is 27.0. The van der Waals surface area contributed by atoms with Crippen LogP contribution in [0.3, 0.4) is 0 Å². The Balaban J connectivity index is -0.0000000800. The van der Waals surface area contributed by atoms with Gasteiger partial charge in [-0.25, -0.2) is 0 Å². The second kappa shape index (κ2) is 9.88. The van der Waals surface area contributed by atoms with E-state index in [-0.39, 0.29) is 47.0 Å². The number of nitrogens with two attached hydrogens (primary N) is 1. The van der Waals surface area contributed by atoms with E-state index in [1.807, 2.05) is 0 Å². The van der Waals surface area contributed by atoms with Crippen LogP contribution in [0.2, 0.25) is 0 Å². The summed E-state index contributed by atoms with van der Waals surface area (Å²) in [5.74, 6) is -0.968. The van der Waals surface area contributed by atoms with E-state index in [2.05, 4.69) is 5.73 Å². The summed E-state index contributed by atoms with van der Waals surface area (Å²) in [5.41, 5.74) is 4.57. The van der Waals surface area contributed by atoms with Gasteiger partial charge in [0.05, 0.1) is 6.54 Å². The van der Waals surface area contributed by atoms with Crippen molar-refractivity contribution in [3.05, 3.63) is 0 Å². The van der Waals surface area contributed by atoms with Crippen LogP contribution in [0.4, 0.5) is 0 Å². The lowest BCUT2D eigenvalue weighted by Crippen LogP contribution is -2.10. The van der Waals surface area contributed by atoms with Crippen LogP contribution in [0.5, 0.6) is 0 Å². The summed E-state index contributed by atoms with van der Waals surface area (Å²) in [6.45, 7) is -0.278. The van der Waals surface area contributed by atoms with Gasteiger partial charge in [0.15, 0.2) is 17.4 Å². The van der Waals surface area contributed by atoms with Crippen LogP contribution >= 0.6 is 0 Å². The van der Waals surface area contributed by atoms with Gasteiger partial charge < -0.3 is 10.8 Å². The van der Waals surface area contributed by atoms with Crippen molar-refractivity contribution in [3.8, 4) is 0 Å². The van der Waals surface area contributed by atoms with E-state index in [0.717, 1.165) is 0 Å². The zero-order valence-electron chi connectivity index (χ0n) is 2.64. The predicted molar refractivity (Wildman–Crippen MR) is 35.2 cm³/mol. The van der Waals surface area contributed by atoms with Gasteiger partial charge in [-0.2, -0.15) is 0 Å². The minimum Gasteiger partial charge on any atom is -0.480 e. The van der Waals surface area contributed by atoms with Gasteiger partial charge in [-0.1, -0.05) is 0 Å². The summed E-state index contributed by atoms with van der Waals surface area (Å²) in [6, 6.07) is 0. The van der Waals surface area contributed by atoms with E-state index in [0.29, 0.717) is 0 Å². The molecule has 0 radical (unpaired) electrons. The van der Waals surface area contributed by atoms with Crippen molar-refractivity contribution in [3.63, 3.8) is 0 Å². The van der Waals surface area contributed by atoms with Gasteiger partial charge in [0.2, 0.25) is 0 Å². The van der Waals surface area contributed by atoms with Crippen molar-refractivity contribution in [1.82, 2.24) is 0 Å². The largest absolute Gasteiger partial charge is 0.480 e. The smallest absolute Gasteiger partial charge is 0.317 e. The number of carboxylic acid groups (broad SMARTS) is 1. The zero-order chi connectivity index (χ0) is 4.28. The van der Waals surface area contributed by atoms with Crippen molar-refractivity contribution in [2.45, 2.75) is 0 Å². The molecule has 5 heteroatoms. The highest BCUT2D eigenvalue weighted by molar-refractivity contribution is 5.76. The van der Waals surface area contributed by atoms with E-state index in [9.17, 15) is 4.79 Å². The number of hydrogen-bond acceptors (Lipinski definition) is 2. The molecule has 0 rings (SSSR count). The minimum atomic E-state index is -0.968. The van der Waals surface area contributed by atoms with Crippen molar-refractivity contribution >= 4 is 46.4 Å². The van der Waals surface area contributed by atoms with Crippen LogP contribution in [0.25, 0.3) is 0 Å². The molecule has 0 fully saturated rings. The number of aliphatic carboxylic acids is 1. The average Bonchev–Trinajstić information content (AvgIpc) is 1.38. The van der Waals surface area contributed by atoms with Gasteiger partial charge in [-0.15, -0.1) is 0 Å². The van der Waals surface area contributed by atoms with Crippen molar-refractivity contribution in [2.24, 2.45) is 5.73 Å². The maximum Gasteiger partial charge on any atom is 0.317 e. The van der Waals surface area contributed by atoms with Crippen LogP contribution in [-0.4, -0.2) is 58.0 Å². The Morgan fingerprint density at radius 3 is 1.86 bits per heavy atom. The topological polar surface area (TPSA) is 63.3 Å². The van der Waals surface area contributed by atoms with Crippen LogP contribution in [0.15, 0.2) is 0 Å². The molecule has 0 aliphatic rings. The maximum atomic E-state index is 9.24. The third kappa shape index (κ3) is 20.2. The molecule has 0 atom stereocenters. The average molecular weight is 131 g/mol. The van der Waals surface area contributed by atoms with E-state index >= 15 is 0 Å².